The molecule has 0 aromatic carbocycles. The normalized spacial score (nSPS) is 12.0. The Labute approximate surface area is 296 Å². The highest BCUT2D eigenvalue weighted by atomic mass is 31.2. The van der Waals surface area contributed by atoms with Crippen LogP contribution in [0.15, 0.2) is 0 Å². The lowest BCUT2D eigenvalue weighted by Gasteiger charge is -2.28. The first-order chi connectivity index (χ1) is 22.7. The molecule has 0 fully saturated rings. The van der Waals surface area contributed by atoms with Crippen molar-refractivity contribution in [2.75, 3.05) is 24.6 Å². The molecule has 0 nitrogen and oxygen atoms in total. The molecule has 0 radical (unpaired) electrons. The molecule has 0 unspecified atom stereocenters. The molecule has 0 bridgehead atoms. The summed E-state index contributed by atoms with van der Waals surface area (Å²) in [7, 11) is -0.779. The van der Waals surface area contributed by atoms with Crippen molar-refractivity contribution in [1.82, 2.24) is 0 Å². The van der Waals surface area contributed by atoms with Gasteiger partial charge in [0.05, 0.1) is 24.6 Å². The van der Waals surface area contributed by atoms with E-state index >= 15 is 0 Å². The zero-order valence-electron chi connectivity index (χ0n) is 33.4. The number of unbranched alkanes of at least 4 members (excludes halogenated alkanes) is 33. The van der Waals surface area contributed by atoms with Gasteiger partial charge in [-0.1, -0.05) is 214 Å². The van der Waals surface area contributed by atoms with E-state index in [1.807, 2.05) is 0 Å². The zero-order chi connectivity index (χ0) is 33.5. The van der Waals surface area contributed by atoms with Gasteiger partial charge in [0, 0.05) is 7.26 Å². The van der Waals surface area contributed by atoms with E-state index < -0.39 is 7.26 Å². The Bertz CT molecular complexity index is 467. The van der Waals surface area contributed by atoms with Gasteiger partial charge in [0.25, 0.3) is 0 Å². The van der Waals surface area contributed by atoms with Crippen LogP contribution in [0, 0.1) is 0 Å². The lowest BCUT2D eigenvalue weighted by atomic mass is 10.1. The quantitative estimate of drug-likeness (QED) is 0.0450. The van der Waals surface area contributed by atoms with E-state index in [1.165, 1.54) is 212 Å². The first-order valence-electron chi connectivity index (χ1n) is 22.6. The average Bonchev–Trinajstić information content (AvgIpc) is 3.06. The fourth-order valence-electron chi connectivity index (χ4n) is 7.88. The van der Waals surface area contributed by atoms with E-state index in [1.54, 1.807) is 50.3 Å². The summed E-state index contributed by atoms with van der Waals surface area (Å²) in [5.41, 5.74) is 0. The molecule has 0 aliphatic heterocycles. The van der Waals surface area contributed by atoms with Crippen molar-refractivity contribution in [1.29, 1.82) is 0 Å². The van der Waals surface area contributed by atoms with Gasteiger partial charge in [-0.25, -0.2) is 0 Å². The van der Waals surface area contributed by atoms with E-state index in [4.69, 9.17) is 0 Å². The monoisotopic (exact) mass is 666 g/mol. The number of hydrogen-bond donors (Lipinski definition) is 0. The lowest BCUT2D eigenvalue weighted by molar-refractivity contribution is 0.558. The van der Waals surface area contributed by atoms with Crippen LogP contribution in [0.2, 0.25) is 0 Å². The van der Waals surface area contributed by atoms with Crippen LogP contribution >= 0.6 is 7.26 Å². The van der Waals surface area contributed by atoms with Crippen molar-refractivity contribution in [3.63, 3.8) is 0 Å². The van der Waals surface area contributed by atoms with Crippen LogP contribution in [0.25, 0.3) is 0 Å². The summed E-state index contributed by atoms with van der Waals surface area (Å²) in [5, 5.41) is 0. The third kappa shape index (κ3) is 34.3. The zero-order valence-corrected chi connectivity index (χ0v) is 34.3. The molecule has 0 aliphatic rings. The second-order valence-electron chi connectivity index (χ2n) is 15.9. The second-order valence-corrected chi connectivity index (χ2v) is 20.4. The molecule has 0 aromatic rings. The van der Waals surface area contributed by atoms with Gasteiger partial charge in [0.1, 0.15) is 0 Å². The van der Waals surface area contributed by atoms with E-state index in [0.717, 1.165) is 0 Å². The Morgan fingerprint density at radius 3 is 0.457 bits per heavy atom. The Morgan fingerprint density at radius 1 is 0.174 bits per heavy atom. The van der Waals surface area contributed by atoms with Crippen LogP contribution < -0.4 is 0 Å². The first kappa shape index (κ1) is 46.4. The molecule has 0 aromatic heterocycles. The number of hydrogen-bond acceptors (Lipinski definition) is 0. The summed E-state index contributed by atoms with van der Waals surface area (Å²) in [6.07, 6.45) is 61.7. The van der Waals surface area contributed by atoms with Crippen LogP contribution in [-0.2, 0) is 0 Å². The fraction of sp³-hybridized carbons (Fsp3) is 1.00. The summed E-state index contributed by atoms with van der Waals surface area (Å²) in [6, 6.07) is 0. The average molecular weight is 666 g/mol. The van der Waals surface area contributed by atoms with Gasteiger partial charge in [0.15, 0.2) is 0 Å². The van der Waals surface area contributed by atoms with Crippen molar-refractivity contribution >= 4 is 7.26 Å². The predicted molar refractivity (Wildman–Crippen MR) is 220 cm³/mol. The summed E-state index contributed by atoms with van der Waals surface area (Å²) in [4.78, 5) is 0. The van der Waals surface area contributed by atoms with Gasteiger partial charge < -0.3 is 0 Å². The molecule has 0 heterocycles. The van der Waals surface area contributed by atoms with Crippen molar-refractivity contribution in [3.05, 3.63) is 0 Å². The fourth-order valence-corrected chi connectivity index (χ4v) is 12.8. The lowest BCUT2D eigenvalue weighted by Crippen LogP contribution is -2.13. The van der Waals surface area contributed by atoms with Crippen molar-refractivity contribution < 1.29 is 0 Å². The highest BCUT2D eigenvalue weighted by Gasteiger charge is 2.35. The van der Waals surface area contributed by atoms with Gasteiger partial charge in [0.2, 0.25) is 0 Å². The maximum absolute atomic E-state index is 2.35. The molecule has 0 saturated carbocycles. The Balaban J connectivity index is 4.81. The minimum atomic E-state index is -0.779. The Hall–Kier alpha value is 0.430. The Morgan fingerprint density at radius 2 is 0.304 bits per heavy atom. The topological polar surface area (TPSA) is 0 Å². The molecule has 0 atom stereocenters. The molecule has 0 amide bonds. The SMILES string of the molecule is CCCCCCCCCCCC[P+](CCCCCCCCC)(CCCCCCCCCCCC)CCCCCCCCCCCC. The van der Waals surface area contributed by atoms with E-state index in [-0.39, 0.29) is 0 Å². The maximum Gasteiger partial charge on any atom is 0.0594 e. The van der Waals surface area contributed by atoms with Crippen molar-refractivity contribution in [2.24, 2.45) is 0 Å². The Kier molecular flexibility index (Phi) is 40.2. The van der Waals surface area contributed by atoms with Gasteiger partial charge in [-0.2, -0.15) is 0 Å². The minimum Gasteiger partial charge on any atom is -0.0654 e. The van der Waals surface area contributed by atoms with Crippen molar-refractivity contribution in [3.8, 4) is 0 Å². The molecule has 46 heavy (non-hydrogen) atoms. The summed E-state index contributed by atoms with van der Waals surface area (Å²) < 4.78 is 0. The largest absolute Gasteiger partial charge is 0.0654 e. The maximum atomic E-state index is 2.35. The van der Waals surface area contributed by atoms with Crippen LogP contribution in [0.1, 0.15) is 265 Å². The molecule has 278 valence electrons. The standard InChI is InChI=1S/C45H94P/c1-5-9-13-17-21-24-27-31-35-39-43-46(42-38-34-30-20-16-12-8-4,44-40-36-32-28-25-22-18-14-10-6-2)45-41-37-33-29-26-23-19-15-11-7-3/h5-45H2,1-4H3/q+1. The molecule has 0 aliphatic carbocycles. The smallest absolute Gasteiger partial charge is 0.0594 e. The molecule has 0 rings (SSSR count). The summed E-state index contributed by atoms with van der Waals surface area (Å²) in [6.45, 7) is 9.36. The van der Waals surface area contributed by atoms with E-state index in [2.05, 4.69) is 27.7 Å². The summed E-state index contributed by atoms with van der Waals surface area (Å²) >= 11 is 0. The van der Waals surface area contributed by atoms with Gasteiger partial charge >= 0.3 is 0 Å². The third-order valence-corrected chi connectivity index (χ3v) is 16.3. The van der Waals surface area contributed by atoms with Crippen LogP contribution in [0.4, 0.5) is 0 Å². The highest BCUT2D eigenvalue weighted by Crippen LogP contribution is 2.61. The molecule has 0 spiro atoms. The van der Waals surface area contributed by atoms with Crippen LogP contribution in [0.5, 0.6) is 0 Å². The van der Waals surface area contributed by atoms with E-state index in [9.17, 15) is 0 Å². The molecular formula is C45H94P+. The third-order valence-electron chi connectivity index (χ3n) is 11.2. The first-order valence-corrected chi connectivity index (χ1v) is 25.1. The van der Waals surface area contributed by atoms with Gasteiger partial charge in [-0.15, -0.1) is 0 Å². The van der Waals surface area contributed by atoms with Gasteiger partial charge in [-0.3, -0.25) is 0 Å². The van der Waals surface area contributed by atoms with Crippen LogP contribution in [-0.4, -0.2) is 24.6 Å². The summed E-state index contributed by atoms with van der Waals surface area (Å²) in [5.74, 6) is 0. The molecular weight excluding hydrogens is 571 g/mol. The van der Waals surface area contributed by atoms with Gasteiger partial charge in [-0.05, 0) is 51.4 Å². The number of rotatable bonds is 41. The predicted octanol–water partition coefficient (Wildman–Crippen LogP) is 17.5. The van der Waals surface area contributed by atoms with Crippen LogP contribution in [0.3, 0.4) is 0 Å². The molecule has 0 saturated heterocycles. The second kappa shape index (κ2) is 39.9. The highest BCUT2D eigenvalue weighted by molar-refractivity contribution is 7.75. The van der Waals surface area contributed by atoms with Crippen molar-refractivity contribution in [2.45, 2.75) is 265 Å². The van der Waals surface area contributed by atoms with E-state index in [0.29, 0.717) is 0 Å². The molecule has 0 N–H and O–H groups in total. The minimum absolute atomic E-state index is 0.779. The molecule has 1 heteroatoms.